The van der Waals surface area contributed by atoms with Crippen LogP contribution in [-0.2, 0) is 0 Å². The molecule has 0 saturated carbocycles. The van der Waals surface area contributed by atoms with Crippen molar-refractivity contribution in [2.45, 2.75) is 0 Å². The summed E-state index contributed by atoms with van der Waals surface area (Å²) in [6, 6.07) is 44.2. The standard InChI is InChI=1S/C38H21ClO2/c39-24-18-15-23(16-19-24)25-11-6-14-34-35(25)31-13-5-12-29(37(31)40-34)32-21-33-30-20-17-22-7-1-2-8-26(22)36(30)41-38(33)28-10-4-3-9-27(28)32/h1-21H. The third-order valence-electron chi connectivity index (χ3n) is 8.34. The smallest absolute Gasteiger partial charge is 0.143 e. The predicted octanol–water partition coefficient (Wildman–Crippen LogP) is 11.8. The normalized spacial score (nSPS) is 12.0. The number of furan rings is 2. The van der Waals surface area contributed by atoms with Gasteiger partial charge in [0.25, 0.3) is 0 Å². The van der Waals surface area contributed by atoms with Crippen molar-refractivity contribution in [3.05, 3.63) is 132 Å². The van der Waals surface area contributed by atoms with Gasteiger partial charge in [0.1, 0.15) is 22.3 Å². The number of para-hydroxylation sites is 1. The van der Waals surface area contributed by atoms with E-state index >= 15 is 0 Å². The predicted molar refractivity (Wildman–Crippen MR) is 172 cm³/mol. The van der Waals surface area contributed by atoms with Crippen molar-refractivity contribution in [3.8, 4) is 22.3 Å². The Morgan fingerprint density at radius 3 is 1.98 bits per heavy atom. The summed E-state index contributed by atoms with van der Waals surface area (Å²) in [5.41, 5.74) is 8.01. The molecule has 0 aliphatic heterocycles. The van der Waals surface area contributed by atoms with Gasteiger partial charge in [-0.1, -0.05) is 109 Å². The van der Waals surface area contributed by atoms with Gasteiger partial charge in [-0.3, -0.25) is 0 Å². The molecule has 0 bridgehead atoms. The van der Waals surface area contributed by atoms with Gasteiger partial charge in [-0.25, -0.2) is 0 Å². The summed E-state index contributed by atoms with van der Waals surface area (Å²) in [4.78, 5) is 0. The minimum Gasteiger partial charge on any atom is -0.455 e. The largest absolute Gasteiger partial charge is 0.455 e. The van der Waals surface area contributed by atoms with Crippen molar-refractivity contribution in [2.75, 3.05) is 0 Å². The first-order valence-corrected chi connectivity index (χ1v) is 14.1. The molecule has 0 saturated heterocycles. The maximum absolute atomic E-state index is 6.66. The Morgan fingerprint density at radius 1 is 0.415 bits per heavy atom. The van der Waals surface area contributed by atoms with Gasteiger partial charge >= 0.3 is 0 Å². The van der Waals surface area contributed by atoms with Crippen molar-refractivity contribution in [1.82, 2.24) is 0 Å². The SMILES string of the molecule is Clc1ccc(-c2cccc3oc4c(-c5cc6c7ccc8ccccc8c7oc6c6ccccc56)cccc4c23)cc1. The number of rotatable bonds is 2. The van der Waals surface area contributed by atoms with E-state index in [4.69, 9.17) is 20.4 Å². The molecule has 192 valence electrons. The van der Waals surface area contributed by atoms with Gasteiger partial charge < -0.3 is 8.83 Å². The van der Waals surface area contributed by atoms with Crippen LogP contribution in [0.1, 0.15) is 0 Å². The monoisotopic (exact) mass is 544 g/mol. The zero-order chi connectivity index (χ0) is 27.1. The maximum atomic E-state index is 6.66. The van der Waals surface area contributed by atoms with E-state index in [-0.39, 0.29) is 0 Å². The first-order valence-electron chi connectivity index (χ1n) is 13.7. The number of fused-ring (bicyclic) bond motifs is 10. The topological polar surface area (TPSA) is 26.3 Å². The van der Waals surface area contributed by atoms with E-state index in [2.05, 4.69) is 115 Å². The van der Waals surface area contributed by atoms with Gasteiger partial charge in [0, 0.05) is 42.9 Å². The van der Waals surface area contributed by atoms with E-state index in [1.165, 1.54) is 5.39 Å². The molecule has 2 heterocycles. The van der Waals surface area contributed by atoms with Crippen molar-refractivity contribution < 1.29 is 8.83 Å². The summed E-state index contributed by atoms with van der Waals surface area (Å²) >= 11 is 6.20. The fourth-order valence-corrected chi connectivity index (χ4v) is 6.60. The molecular weight excluding hydrogens is 524 g/mol. The molecule has 0 spiro atoms. The van der Waals surface area contributed by atoms with Crippen LogP contribution in [0.4, 0.5) is 0 Å². The second-order valence-electron chi connectivity index (χ2n) is 10.6. The highest BCUT2D eigenvalue weighted by Crippen LogP contribution is 2.45. The molecule has 0 aliphatic carbocycles. The van der Waals surface area contributed by atoms with Gasteiger partial charge in [-0.2, -0.15) is 0 Å². The highest BCUT2D eigenvalue weighted by molar-refractivity contribution is 6.30. The van der Waals surface area contributed by atoms with Crippen LogP contribution in [0.25, 0.3) is 87.7 Å². The highest BCUT2D eigenvalue weighted by Gasteiger charge is 2.20. The highest BCUT2D eigenvalue weighted by atomic mass is 35.5. The summed E-state index contributed by atoms with van der Waals surface area (Å²) in [6.07, 6.45) is 0. The molecule has 0 fully saturated rings. The molecular formula is C38H21ClO2. The lowest BCUT2D eigenvalue weighted by Crippen LogP contribution is -1.84. The second kappa shape index (κ2) is 8.47. The molecule has 0 N–H and O–H groups in total. The van der Waals surface area contributed by atoms with Crippen LogP contribution < -0.4 is 0 Å². The summed E-state index contributed by atoms with van der Waals surface area (Å²) in [5.74, 6) is 0. The number of benzene rings is 7. The second-order valence-corrected chi connectivity index (χ2v) is 11.0. The van der Waals surface area contributed by atoms with E-state index < -0.39 is 0 Å². The van der Waals surface area contributed by atoms with Crippen LogP contribution in [0.5, 0.6) is 0 Å². The first-order chi connectivity index (χ1) is 20.2. The summed E-state index contributed by atoms with van der Waals surface area (Å²) in [7, 11) is 0. The first kappa shape index (κ1) is 22.7. The Labute approximate surface area is 240 Å². The van der Waals surface area contributed by atoms with Crippen molar-refractivity contribution >= 4 is 77.0 Å². The summed E-state index contributed by atoms with van der Waals surface area (Å²) < 4.78 is 13.3. The molecule has 41 heavy (non-hydrogen) atoms. The van der Waals surface area contributed by atoms with E-state index in [0.29, 0.717) is 0 Å². The van der Waals surface area contributed by atoms with Crippen molar-refractivity contribution in [3.63, 3.8) is 0 Å². The molecule has 0 amide bonds. The van der Waals surface area contributed by atoms with Gasteiger partial charge in [0.15, 0.2) is 0 Å². The number of hydrogen-bond donors (Lipinski definition) is 0. The van der Waals surface area contributed by atoms with E-state index in [9.17, 15) is 0 Å². The third kappa shape index (κ3) is 3.26. The Bertz CT molecular complexity index is 2480. The minimum atomic E-state index is 0.724. The average molecular weight is 545 g/mol. The van der Waals surface area contributed by atoms with Crippen LogP contribution in [0.3, 0.4) is 0 Å². The van der Waals surface area contributed by atoms with E-state index in [0.717, 1.165) is 87.3 Å². The molecule has 9 aromatic rings. The van der Waals surface area contributed by atoms with Gasteiger partial charge in [0.2, 0.25) is 0 Å². The quantitative estimate of drug-likeness (QED) is 0.216. The van der Waals surface area contributed by atoms with Crippen LogP contribution in [0.2, 0.25) is 5.02 Å². The molecule has 2 nitrogen and oxygen atoms in total. The van der Waals surface area contributed by atoms with Crippen LogP contribution >= 0.6 is 11.6 Å². The van der Waals surface area contributed by atoms with Crippen molar-refractivity contribution in [2.24, 2.45) is 0 Å². The Hall–Kier alpha value is -5.05. The molecule has 0 radical (unpaired) electrons. The number of hydrogen-bond acceptors (Lipinski definition) is 2. The molecule has 9 rings (SSSR count). The van der Waals surface area contributed by atoms with Gasteiger partial charge in [-0.05, 0) is 57.8 Å². The fraction of sp³-hybridized carbons (Fsp3) is 0. The van der Waals surface area contributed by atoms with E-state index in [1.807, 2.05) is 12.1 Å². The molecule has 0 atom stereocenters. The van der Waals surface area contributed by atoms with Crippen LogP contribution in [-0.4, -0.2) is 0 Å². The molecule has 3 heteroatoms. The van der Waals surface area contributed by atoms with Crippen LogP contribution in [0.15, 0.2) is 136 Å². The minimum absolute atomic E-state index is 0.724. The maximum Gasteiger partial charge on any atom is 0.143 e. The Morgan fingerprint density at radius 2 is 1.10 bits per heavy atom. The Balaban J connectivity index is 1.38. The number of halogens is 1. The lowest BCUT2D eigenvalue weighted by Gasteiger charge is -2.09. The fourth-order valence-electron chi connectivity index (χ4n) is 6.48. The van der Waals surface area contributed by atoms with Crippen molar-refractivity contribution in [1.29, 1.82) is 0 Å². The average Bonchev–Trinajstić information content (AvgIpc) is 3.60. The Kier molecular flexibility index (Phi) is 4.70. The molecule has 2 aromatic heterocycles. The zero-order valence-electron chi connectivity index (χ0n) is 21.8. The van der Waals surface area contributed by atoms with Gasteiger partial charge in [-0.15, -0.1) is 0 Å². The molecule has 0 unspecified atom stereocenters. The summed E-state index contributed by atoms with van der Waals surface area (Å²) in [6.45, 7) is 0. The summed E-state index contributed by atoms with van der Waals surface area (Å²) in [5, 5.41) is 9.68. The van der Waals surface area contributed by atoms with E-state index in [1.54, 1.807) is 0 Å². The lowest BCUT2D eigenvalue weighted by atomic mass is 9.93. The van der Waals surface area contributed by atoms with Crippen LogP contribution in [0, 0.1) is 0 Å². The third-order valence-corrected chi connectivity index (χ3v) is 8.59. The molecule has 0 aliphatic rings. The molecule has 7 aromatic carbocycles. The van der Waals surface area contributed by atoms with Gasteiger partial charge in [0.05, 0.1) is 0 Å². The lowest BCUT2D eigenvalue weighted by molar-refractivity contribution is 0.670. The zero-order valence-corrected chi connectivity index (χ0v) is 22.6.